The maximum Gasteiger partial charge on any atom is 0.329 e. The molecule has 2 heterocycles. The van der Waals surface area contributed by atoms with Gasteiger partial charge in [0.2, 0.25) is 5.91 Å². The highest BCUT2D eigenvalue weighted by Gasteiger charge is 2.28. The highest BCUT2D eigenvalue weighted by molar-refractivity contribution is 6.08. The molecule has 1 aromatic heterocycles. The number of anilines is 1. The molecular formula is C20H18N2O6. The number of hydrogen-bond acceptors (Lipinski definition) is 6. The number of carbonyl (C=O) groups excluding carboxylic acids is 3. The van der Waals surface area contributed by atoms with Crippen molar-refractivity contribution in [3.05, 3.63) is 36.4 Å². The van der Waals surface area contributed by atoms with Crippen molar-refractivity contribution in [2.45, 2.75) is 18.9 Å². The number of furan rings is 1. The average molecular weight is 382 g/mol. The molecule has 3 aromatic rings. The van der Waals surface area contributed by atoms with E-state index < -0.39 is 24.5 Å². The van der Waals surface area contributed by atoms with Gasteiger partial charge in [-0.3, -0.25) is 9.59 Å². The van der Waals surface area contributed by atoms with Gasteiger partial charge in [0.1, 0.15) is 23.0 Å². The van der Waals surface area contributed by atoms with Gasteiger partial charge in [-0.2, -0.15) is 0 Å². The Kier molecular flexibility index (Phi) is 4.60. The lowest BCUT2D eigenvalue weighted by Crippen LogP contribution is -2.36. The molecule has 8 heteroatoms. The molecule has 144 valence electrons. The summed E-state index contributed by atoms with van der Waals surface area (Å²) in [6.45, 7) is -0.466. The summed E-state index contributed by atoms with van der Waals surface area (Å²) in [5.41, 5.74) is 1.74. The van der Waals surface area contributed by atoms with Crippen LogP contribution in [0.25, 0.3) is 21.9 Å². The van der Waals surface area contributed by atoms with Gasteiger partial charge >= 0.3 is 5.97 Å². The van der Waals surface area contributed by atoms with Crippen LogP contribution in [0.2, 0.25) is 0 Å². The third-order valence-corrected chi connectivity index (χ3v) is 4.60. The molecule has 1 atom stereocenters. The van der Waals surface area contributed by atoms with Gasteiger partial charge in [0.05, 0.1) is 12.8 Å². The molecule has 0 bridgehead atoms. The molecule has 0 spiro atoms. The van der Waals surface area contributed by atoms with Crippen molar-refractivity contribution in [2.24, 2.45) is 0 Å². The molecule has 28 heavy (non-hydrogen) atoms. The number of esters is 1. The van der Waals surface area contributed by atoms with E-state index in [1.54, 1.807) is 12.1 Å². The topological polar surface area (TPSA) is 107 Å². The predicted octanol–water partition coefficient (Wildman–Crippen LogP) is 2.35. The first-order valence-corrected chi connectivity index (χ1v) is 8.80. The quantitative estimate of drug-likeness (QED) is 0.656. The van der Waals surface area contributed by atoms with E-state index in [0.717, 1.165) is 16.4 Å². The molecule has 1 saturated heterocycles. The zero-order chi connectivity index (χ0) is 19.7. The highest BCUT2D eigenvalue weighted by atomic mass is 16.5. The fraction of sp³-hybridized carbons (Fsp3) is 0.250. The Hall–Kier alpha value is -3.55. The van der Waals surface area contributed by atoms with Gasteiger partial charge in [-0.25, -0.2) is 4.79 Å². The van der Waals surface area contributed by atoms with E-state index in [1.165, 1.54) is 7.11 Å². The summed E-state index contributed by atoms with van der Waals surface area (Å²) >= 11 is 0. The van der Waals surface area contributed by atoms with E-state index in [2.05, 4.69) is 10.6 Å². The molecule has 2 aromatic carbocycles. The molecular weight excluding hydrogens is 364 g/mol. The molecule has 0 saturated carbocycles. The Morgan fingerprint density at radius 2 is 2.04 bits per heavy atom. The van der Waals surface area contributed by atoms with Crippen molar-refractivity contribution in [3.8, 4) is 5.75 Å². The standard InChI is InChI=1S/C20H18N2O6/c1-26-17-8-12-11-4-2-3-5-15(11)28-16(12)9-14(17)22-19(24)10-27-20(25)13-6-7-18(23)21-13/h2-5,8-9,13H,6-7,10H2,1H3,(H,21,23)(H,22,24)/t13-/m1/s1. The smallest absolute Gasteiger partial charge is 0.329 e. The van der Waals surface area contributed by atoms with Crippen LogP contribution in [0.4, 0.5) is 5.69 Å². The molecule has 2 N–H and O–H groups in total. The SMILES string of the molecule is COc1cc2c(cc1NC(=O)COC(=O)[C@H]1CCC(=O)N1)oc1ccccc12. The summed E-state index contributed by atoms with van der Waals surface area (Å²) < 4.78 is 16.2. The second-order valence-corrected chi connectivity index (χ2v) is 6.46. The monoisotopic (exact) mass is 382 g/mol. The van der Waals surface area contributed by atoms with Crippen LogP contribution >= 0.6 is 0 Å². The van der Waals surface area contributed by atoms with Crippen LogP contribution in [0.5, 0.6) is 5.75 Å². The number of hydrogen-bond donors (Lipinski definition) is 2. The molecule has 1 aliphatic heterocycles. The summed E-state index contributed by atoms with van der Waals surface area (Å²) in [6, 6.07) is 10.4. The number of nitrogens with one attached hydrogen (secondary N) is 2. The fourth-order valence-electron chi connectivity index (χ4n) is 3.23. The van der Waals surface area contributed by atoms with Gasteiger partial charge in [0.25, 0.3) is 5.91 Å². The van der Waals surface area contributed by atoms with Crippen molar-refractivity contribution in [1.82, 2.24) is 5.32 Å². The lowest BCUT2D eigenvalue weighted by atomic mass is 10.1. The average Bonchev–Trinajstić information content (AvgIpc) is 3.28. The first-order chi connectivity index (χ1) is 13.5. The lowest BCUT2D eigenvalue weighted by Gasteiger charge is -2.12. The van der Waals surface area contributed by atoms with Crippen LogP contribution in [0.3, 0.4) is 0 Å². The minimum atomic E-state index is -0.693. The molecule has 0 unspecified atom stereocenters. The number of ether oxygens (including phenoxy) is 2. The van der Waals surface area contributed by atoms with Crippen LogP contribution in [0.15, 0.2) is 40.8 Å². The van der Waals surface area contributed by atoms with Crippen LogP contribution in [0, 0.1) is 0 Å². The molecule has 1 aliphatic rings. The zero-order valence-corrected chi connectivity index (χ0v) is 15.1. The lowest BCUT2D eigenvalue weighted by molar-refractivity contribution is -0.149. The van der Waals surface area contributed by atoms with Gasteiger partial charge in [-0.05, 0) is 18.6 Å². The van der Waals surface area contributed by atoms with Gasteiger partial charge in [-0.15, -0.1) is 0 Å². The molecule has 0 radical (unpaired) electrons. The van der Waals surface area contributed by atoms with E-state index in [9.17, 15) is 14.4 Å². The van der Waals surface area contributed by atoms with Crippen molar-refractivity contribution in [3.63, 3.8) is 0 Å². The summed E-state index contributed by atoms with van der Waals surface area (Å²) in [7, 11) is 1.50. The van der Waals surface area contributed by atoms with Crippen LogP contribution in [-0.4, -0.2) is 37.5 Å². The summed E-state index contributed by atoms with van der Waals surface area (Å²) in [5, 5.41) is 6.98. The Morgan fingerprint density at radius 1 is 1.21 bits per heavy atom. The number of amides is 2. The largest absolute Gasteiger partial charge is 0.495 e. The van der Waals surface area contributed by atoms with Crippen LogP contribution in [0.1, 0.15) is 12.8 Å². The first-order valence-electron chi connectivity index (χ1n) is 8.80. The second-order valence-electron chi connectivity index (χ2n) is 6.46. The maximum atomic E-state index is 12.2. The summed E-state index contributed by atoms with van der Waals surface area (Å²) in [4.78, 5) is 35.3. The predicted molar refractivity (Wildman–Crippen MR) is 101 cm³/mol. The second kappa shape index (κ2) is 7.22. The molecule has 4 rings (SSSR count). The Labute approximate surface area is 159 Å². The summed E-state index contributed by atoms with van der Waals surface area (Å²) in [5.74, 6) is -0.885. The van der Waals surface area contributed by atoms with E-state index in [1.807, 2.05) is 24.3 Å². The van der Waals surface area contributed by atoms with E-state index in [0.29, 0.717) is 23.4 Å². The number of rotatable bonds is 5. The zero-order valence-electron chi connectivity index (χ0n) is 15.1. The number of benzene rings is 2. The van der Waals surface area contributed by atoms with Crippen molar-refractivity contribution >= 4 is 45.4 Å². The number of carbonyl (C=O) groups is 3. The highest BCUT2D eigenvalue weighted by Crippen LogP contribution is 2.36. The van der Waals surface area contributed by atoms with Gasteiger partial charge in [0.15, 0.2) is 6.61 Å². The Balaban J connectivity index is 1.48. The van der Waals surface area contributed by atoms with Gasteiger partial charge in [0, 0.05) is 23.3 Å². The van der Waals surface area contributed by atoms with Gasteiger partial charge < -0.3 is 24.5 Å². The molecule has 0 aliphatic carbocycles. The minimum Gasteiger partial charge on any atom is -0.495 e. The fourth-order valence-corrected chi connectivity index (χ4v) is 3.23. The van der Waals surface area contributed by atoms with Crippen LogP contribution in [-0.2, 0) is 19.1 Å². The third kappa shape index (κ3) is 3.36. The first kappa shape index (κ1) is 17.8. The summed E-state index contributed by atoms with van der Waals surface area (Å²) in [6.07, 6.45) is 0.649. The molecule has 1 fully saturated rings. The van der Waals surface area contributed by atoms with E-state index >= 15 is 0 Å². The van der Waals surface area contributed by atoms with Crippen molar-refractivity contribution in [1.29, 1.82) is 0 Å². The number of para-hydroxylation sites is 1. The number of methoxy groups -OCH3 is 1. The van der Waals surface area contributed by atoms with Crippen molar-refractivity contribution in [2.75, 3.05) is 19.0 Å². The third-order valence-electron chi connectivity index (χ3n) is 4.60. The van der Waals surface area contributed by atoms with Gasteiger partial charge in [-0.1, -0.05) is 18.2 Å². The molecule has 2 amide bonds. The maximum absolute atomic E-state index is 12.2. The Morgan fingerprint density at radius 3 is 2.79 bits per heavy atom. The molecule has 8 nitrogen and oxygen atoms in total. The number of fused-ring (bicyclic) bond motifs is 3. The Bertz CT molecular complexity index is 1090. The normalized spacial score (nSPS) is 16.2. The minimum absolute atomic E-state index is 0.199. The van der Waals surface area contributed by atoms with E-state index in [-0.39, 0.29) is 12.3 Å². The van der Waals surface area contributed by atoms with E-state index in [4.69, 9.17) is 13.9 Å². The van der Waals surface area contributed by atoms with Crippen molar-refractivity contribution < 1.29 is 28.3 Å². The van der Waals surface area contributed by atoms with Crippen LogP contribution < -0.4 is 15.4 Å².